The molecular weight excluding hydrogens is 374 g/mol. The average molecular weight is 405 g/mol. The molecule has 0 unspecified atom stereocenters. The molecule has 8 nitrogen and oxygen atoms in total. The molecule has 8 heteroatoms. The fourth-order valence-corrected chi connectivity index (χ4v) is 4.08. The molecule has 0 bridgehead atoms. The summed E-state index contributed by atoms with van der Waals surface area (Å²) in [6, 6.07) is 8.46. The van der Waals surface area contributed by atoms with Crippen LogP contribution in [0.15, 0.2) is 30.3 Å². The van der Waals surface area contributed by atoms with Gasteiger partial charge in [-0.2, -0.15) is 0 Å². The summed E-state index contributed by atoms with van der Waals surface area (Å²) in [5.41, 5.74) is 11.4. The number of hydrogen-bond donors (Lipinski definition) is 4. The van der Waals surface area contributed by atoms with Crippen molar-refractivity contribution >= 4 is 17.8 Å². The van der Waals surface area contributed by atoms with Crippen LogP contribution in [-0.4, -0.2) is 57.6 Å². The Bertz CT molecular complexity index is 712. The second kappa shape index (κ2) is 10.4. The fourth-order valence-electron chi connectivity index (χ4n) is 4.08. The van der Waals surface area contributed by atoms with Crippen molar-refractivity contribution in [2.75, 3.05) is 13.1 Å². The van der Waals surface area contributed by atoms with Crippen molar-refractivity contribution in [2.45, 2.75) is 56.5 Å². The Kier molecular flexibility index (Phi) is 8.16. The smallest absolute Gasteiger partial charge is 0.326 e. The standard InChI is InChI=1S/C21H31N3O5/c22-13-5-4-12-21(23,20(29)24-14-6-9-17(24)19(27)28)16(18(25)26)11-10-15-7-2-1-3-8-15/h1-3,7-8,16-17H,4-6,9-14,22-23H2,(H,25,26)(H,27,28)/t16-,17+,21-/m1/s1. The van der Waals surface area contributed by atoms with Crippen molar-refractivity contribution in [1.29, 1.82) is 0 Å². The Morgan fingerprint density at radius 3 is 2.45 bits per heavy atom. The number of likely N-dealkylation sites (tertiary alicyclic amines) is 1. The molecule has 6 N–H and O–H groups in total. The summed E-state index contributed by atoms with van der Waals surface area (Å²) in [6.45, 7) is 0.685. The highest BCUT2D eigenvalue weighted by molar-refractivity contribution is 5.94. The highest BCUT2D eigenvalue weighted by Crippen LogP contribution is 2.31. The predicted octanol–water partition coefficient (Wildman–Crippen LogP) is 1.22. The van der Waals surface area contributed by atoms with E-state index in [4.69, 9.17) is 11.5 Å². The summed E-state index contributed by atoms with van der Waals surface area (Å²) >= 11 is 0. The fraction of sp³-hybridized carbons (Fsp3) is 0.571. The van der Waals surface area contributed by atoms with E-state index >= 15 is 0 Å². The van der Waals surface area contributed by atoms with Gasteiger partial charge >= 0.3 is 11.9 Å². The van der Waals surface area contributed by atoms with Crippen molar-refractivity contribution in [3.05, 3.63) is 35.9 Å². The molecule has 0 aromatic heterocycles. The van der Waals surface area contributed by atoms with Crippen LogP contribution in [0.5, 0.6) is 0 Å². The maximum Gasteiger partial charge on any atom is 0.326 e. The van der Waals surface area contributed by atoms with Gasteiger partial charge in [0.15, 0.2) is 0 Å². The molecular formula is C21H31N3O5. The monoisotopic (exact) mass is 405 g/mol. The lowest BCUT2D eigenvalue weighted by molar-refractivity contribution is -0.156. The third kappa shape index (κ3) is 5.55. The molecule has 1 amide bonds. The van der Waals surface area contributed by atoms with Crippen LogP contribution in [-0.2, 0) is 20.8 Å². The third-order valence-electron chi connectivity index (χ3n) is 5.73. The van der Waals surface area contributed by atoms with Crippen molar-refractivity contribution in [2.24, 2.45) is 17.4 Å². The Labute approximate surface area is 170 Å². The Hall–Kier alpha value is -2.45. The summed E-state index contributed by atoms with van der Waals surface area (Å²) in [5.74, 6) is -3.94. The number of aryl methyl sites for hydroxylation is 1. The highest BCUT2D eigenvalue weighted by atomic mass is 16.4. The first kappa shape index (κ1) is 22.8. The molecule has 1 aliphatic heterocycles. The van der Waals surface area contributed by atoms with E-state index in [1.165, 1.54) is 4.90 Å². The van der Waals surface area contributed by atoms with Gasteiger partial charge in [0.2, 0.25) is 5.91 Å². The molecule has 3 atom stereocenters. The predicted molar refractivity (Wildman–Crippen MR) is 108 cm³/mol. The first-order chi connectivity index (χ1) is 13.8. The van der Waals surface area contributed by atoms with Gasteiger partial charge in [-0.05, 0) is 57.1 Å². The molecule has 1 aromatic rings. The molecule has 1 aromatic carbocycles. The molecule has 1 heterocycles. The molecule has 1 fully saturated rings. The van der Waals surface area contributed by atoms with Gasteiger partial charge in [0, 0.05) is 6.54 Å². The zero-order chi connectivity index (χ0) is 21.4. The van der Waals surface area contributed by atoms with Crippen LogP contribution >= 0.6 is 0 Å². The van der Waals surface area contributed by atoms with Gasteiger partial charge in [-0.25, -0.2) is 4.79 Å². The van der Waals surface area contributed by atoms with Gasteiger partial charge in [0.25, 0.3) is 0 Å². The van der Waals surface area contributed by atoms with Crippen LogP contribution in [0, 0.1) is 5.92 Å². The van der Waals surface area contributed by atoms with E-state index in [9.17, 15) is 24.6 Å². The number of carboxylic acids is 2. The summed E-state index contributed by atoms with van der Waals surface area (Å²) < 4.78 is 0. The Morgan fingerprint density at radius 1 is 1.17 bits per heavy atom. The normalized spacial score (nSPS) is 19.5. The largest absolute Gasteiger partial charge is 0.481 e. The van der Waals surface area contributed by atoms with Crippen molar-refractivity contribution in [1.82, 2.24) is 4.90 Å². The maximum atomic E-state index is 13.4. The maximum absolute atomic E-state index is 13.4. The average Bonchev–Trinajstić information content (AvgIpc) is 3.18. The lowest BCUT2D eigenvalue weighted by Crippen LogP contribution is -2.63. The number of nitrogens with zero attached hydrogens (tertiary/aromatic N) is 1. The number of nitrogens with two attached hydrogens (primary N) is 2. The minimum absolute atomic E-state index is 0.150. The first-order valence-corrected chi connectivity index (χ1v) is 10.1. The van der Waals surface area contributed by atoms with Gasteiger partial charge < -0.3 is 26.6 Å². The van der Waals surface area contributed by atoms with Crippen LogP contribution in [0.25, 0.3) is 0 Å². The lowest BCUT2D eigenvalue weighted by Gasteiger charge is -2.38. The van der Waals surface area contributed by atoms with Gasteiger partial charge in [-0.1, -0.05) is 30.3 Å². The number of rotatable bonds is 11. The van der Waals surface area contributed by atoms with E-state index in [0.717, 1.165) is 5.56 Å². The van der Waals surface area contributed by atoms with E-state index in [2.05, 4.69) is 0 Å². The number of amides is 1. The number of carboxylic acid groups (broad SMARTS) is 2. The van der Waals surface area contributed by atoms with Crippen molar-refractivity contribution in [3.8, 4) is 0 Å². The molecule has 1 aliphatic rings. The number of unbranched alkanes of at least 4 members (excludes halogenated alkanes) is 1. The van der Waals surface area contributed by atoms with Gasteiger partial charge in [-0.3, -0.25) is 9.59 Å². The summed E-state index contributed by atoms with van der Waals surface area (Å²) in [6.07, 6.45) is 2.82. The number of carbonyl (C=O) groups is 3. The Morgan fingerprint density at radius 2 is 1.86 bits per heavy atom. The number of aliphatic carboxylic acids is 2. The molecule has 0 radical (unpaired) electrons. The van der Waals surface area contributed by atoms with Crippen LogP contribution in [0.2, 0.25) is 0 Å². The quantitative estimate of drug-likeness (QED) is 0.405. The molecule has 0 spiro atoms. The zero-order valence-electron chi connectivity index (χ0n) is 16.6. The minimum atomic E-state index is -1.67. The molecule has 0 saturated carbocycles. The SMILES string of the molecule is NCCCC[C@](N)(C(=O)N1CCC[C@H]1C(=O)O)[C@H](CCc1ccccc1)C(=O)O. The van der Waals surface area contributed by atoms with E-state index < -0.39 is 35.3 Å². The first-order valence-electron chi connectivity index (χ1n) is 10.1. The van der Waals surface area contributed by atoms with Gasteiger partial charge in [-0.15, -0.1) is 0 Å². The van der Waals surface area contributed by atoms with Gasteiger partial charge in [0.1, 0.15) is 11.6 Å². The van der Waals surface area contributed by atoms with E-state index in [1.807, 2.05) is 30.3 Å². The minimum Gasteiger partial charge on any atom is -0.481 e. The van der Waals surface area contributed by atoms with E-state index in [1.54, 1.807) is 0 Å². The van der Waals surface area contributed by atoms with Crippen molar-refractivity contribution in [3.63, 3.8) is 0 Å². The second-order valence-corrected chi connectivity index (χ2v) is 7.70. The summed E-state index contributed by atoms with van der Waals surface area (Å²) in [5, 5.41) is 19.4. The summed E-state index contributed by atoms with van der Waals surface area (Å²) in [7, 11) is 0. The summed E-state index contributed by atoms with van der Waals surface area (Å²) in [4.78, 5) is 38.3. The number of benzene rings is 1. The number of carbonyl (C=O) groups excluding carboxylic acids is 1. The number of hydrogen-bond acceptors (Lipinski definition) is 5. The van der Waals surface area contributed by atoms with Gasteiger partial charge in [0.05, 0.1) is 5.92 Å². The highest BCUT2D eigenvalue weighted by Gasteiger charge is 2.50. The molecule has 160 valence electrons. The van der Waals surface area contributed by atoms with Crippen LogP contribution in [0.3, 0.4) is 0 Å². The Balaban J connectivity index is 2.29. The molecule has 1 saturated heterocycles. The zero-order valence-corrected chi connectivity index (χ0v) is 16.6. The van der Waals surface area contributed by atoms with E-state index in [-0.39, 0.29) is 19.4 Å². The second-order valence-electron chi connectivity index (χ2n) is 7.70. The molecule has 0 aliphatic carbocycles. The van der Waals surface area contributed by atoms with Crippen LogP contribution in [0.1, 0.15) is 44.1 Å². The van der Waals surface area contributed by atoms with E-state index in [0.29, 0.717) is 38.6 Å². The lowest BCUT2D eigenvalue weighted by atomic mass is 9.76. The van der Waals surface area contributed by atoms with Crippen LogP contribution < -0.4 is 11.5 Å². The van der Waals surface area contributed by atoms with Crippen LogP contribution in [0.4, 0.5) is 0 Å². The third-order valence-corrected chi connectivity index (χ3v) is 5.73. The van der Waals surface area contributed by atoms with Crippen molar-refractivity contribution < 1.29 is 24.6 Å². The molecule has 29 heavy (non-hydrogen) atoms. The topological polar surface area (TPSA) is 147 Å². The molecule has 2 rings (SSSR count).